The predicted molar refractivity (Wildman–Crippen MR) is 92.6 cm³/mol. The van der Waals surface area contributed by atoms with Crippen LogP contribution in [0.5, 0.6) is 0 Å². The Labute approximate surface area is 138 Å². The summed E-state index contributed by atoms with van der Waals surface area (Å²) in [5.41, 5.74) is 6.34. The summed E-state index contributed by atoms with van der Waals surface area (Å²) in [5.74, 6) is 0.115. The molecule has 1 atom stereocenters. The van der Waals surface area contributed by atoms with Crippen molar-refractivity contribution in [3.8, 4) is 0 Å². The lowest BCUT2D eigenvalue weighted by molar-refractivity contribution is -0.384. The van der Waals surface area contributed by atoms with Gasteiger partial charge in [0, 0.05) is 10.1 Å². The van der Waals surface area contributed by atoms with E-state index in [1.807, 2.05) is 19.1 Å². The van der Waals surface area contributed by atoms with Gasteiger partial charge in [-0.1, -0.05) is 26.0 Å². The molecule has 0 spiro atoms. The maximum Gasteiger partial charge on any atom is 0.329 e. The number of thioether (sulfide) groups is 1. The van der Waals surface area contributed by atoms with E-state index < -0.39 is 4.92 Å². The Kier molecular flexibility index (Phi) is 5.38. The maximum atomic E-state index is 10.7. The van der Waals surface area contributed by atoms with Gasteiger partial charge in [-0.05, 0) is 24.6 Å². The van der Waals surface area contributed by atoms with Gasteiger partial charge in [-0.25, -0.2) is 4.98 Å². The number of benzene rings is 1. The lowest BCUT2D eigenvalue weighted by atomic mass is 10.1. The zero-order chi connectivity index (χ0) is 17.0. The van der Waals surface area contributed by atoms with Gasteiger partial charge in [-0.15, -0.1) is 11.8 Å². The van der Waals surface area contributed by atoms with Crippen LogP contribution in [0.3, 0.4) is 0 Å². The van der Waals surface area contributed by atoms with E-state index >= 15 is 0 Å². The van der Waals surface area contributed by atoms with Gasteiger partial charge >= 0.3 is 5.69 Å². The van der Waals surface area contributed by atoms with Gasteiger partial charge in [0.2, 0.25) is 11.8 Å². The second-order valence-corrected chi connectivity index (χ2v) is 6.97. The molecule has 2 aromatic rings. The molecule has 0 radical (unpaired) electrons. The SMILES string of the molecule is CC(C)Sc1ccc(C(C)Nc2ncc([N+](=O)[O-])c(N)n2)cc1. The number of rotatable bonds is 6. The first-order valence-corrected chi connectivity index (χ1v) is 8.05. The molecule has 8 heteroatoms. The summed E-state index contributed by atoms with van der Waals surface area (Å²) in [6, 6.07) is 8.18. The smallest absolute Gasteiger partial charge is 0.329 e. The van der Waals surface area contributed by atoms with Crippen LogP contribution in [0.4, 0.5) is 17.5 Å². The van der Waals surface area contributed by atoms with E-state index in [9.17, 15) is 10.1 Å². The van der Waals surface area contributed by atoms with Crippen molar-refractivity contribution < 1.29 is 4.92 Å². The van der Waals surface area contributed by atoms with Crippen molar-refractivity contribution >= 4 is 29.2 Å². The molecule has 0 saturated heterocycles. The number of nitro groups is 1. The van der Waals surface area contributed by atoms with Crippen molar-refractivity contribution in [3.63, 3.8) is 0 Å². The van der Waals surface area contributed by atoms with Crippen molar-refractivity contribution in [2.24, 2.45) is 0 Å². The Morgan fingerprint density at radius 2 is 1.91 bits per heavy atom. The van der Waals surface area contributed by atoms with Crippen molar-refractivity contribution in [1.82, 2.24) is 9.97 Å². The number of anilines is 2. The molecule has 0 aliphatic carbocycles. The van der Waals surface area contributed by atoms with E-state index in [1.54, 1.807) is 11.8 Å². The third-order valence-corrected chi connectivity index (χ3v) is 4.11. The number of hydrogen-bond acceptors (Lipinski definition) is 7. The van der Waals surface area contributed by atoms with Crippen LogP contribution in [0.15, 0.2) is 35.4 Å². The summed E-state index contributed by atoms with van der Waals surface area (Å²) in [4.78, 5) is 19.2. The number of nitrogens with two attached hydrogens (primary N) is 1. The highest BCUT2D eigenvalue weighted by molar-refractivity contribution is 7.99. The highest BCUT2D eigenvalue weighted by Crippen LogP contribution is 2.26. The molecular weight excluding hydrogens is 314 g/mol. The molecule has 23 heavy (non-hydrogen) atoms. The maximum absolute atomic E-state index is 10.7. The fraction of sp³-hybridized carbons (Fsp3) is 0.333. The standard InChI is InChI=1S/C15H19N5O2S/c1-9(2)23-12-6-4-11(5-7-12)10(3)18-15-17-8-13(20(21)22)14(16)19-15/h4-10H,1-3H3,(H3,16,17,18,19). The zero-order valence-corrected chi connectivity index (χ0v) is 14.0. The summed E-state index contributed by atoms with van der Waals surface area (Å²) in [7, 11) is 0. The van der Waals surface area contributed by atoms with Gasteiger partial charge in [-0.3, -0.25) is 10.1 Å². The monoisotopic (exact) mass is 333 g/mol. The molecule has 7 nitrogen and oxygen atoms in total. The summed E-state index contributed by atoms with van der Waals surface area (Å²) in [6.45, 7) is 6.27. The lowest BCUT2D eigenvalue weighted by Crippen LogP contribution is -2.11. The molecule has 0 saturated carbocycles. The molecular formula is C15H19N5O2S. The Balaban J connectivity index is 2.08. The third kappa shape index (κ3) is 4.56. The highest BCUT2D eigenvalue weighted by Gasteiger charge is 2.15. The number of nitrogens with zero attached hydrogens (tertiary/aromatic N) is 3. The van der Waals surface area contributed by atoms with E-state index in [1.165, 1.54) is 4.90 Å². The van der Waals surface area contributed by atoms with Crippen molar-refractivity contribution in [2.45, 2.75) is 37.0 Å². The van der Waals surface area contributed by atoms with Crippen LogP contribution in [-0.4, -0.2) is 20.1 Å². The second kappa shape index (κ2) is 7.28. The first-order chi connectivity index (χ1) is 10.9. The van der Waals surface area contributed by atoms with Gasteiger partial charge in [0.15, 0.2) is 0 Å². The predicted octanol–water partition coefficient (Wildman–Crippen LogP) is 3.64. The number of hydrogen-bond donors (Lipinski definition) is 2. The van der Waals surface area contributed by atoms with E-state index in [0.29, 0.717) is 5.25 Å². The normalized spacial score (nSPS) is 12.2. The summed E-state index contributed by atoms with van der Waals surface area (Å²) < 4.78 is 0. The largest absolute Gasteiger partial charge is 0.378 e. The van der Waals surface area contributed by atoms with Crippen LogP contribution in [0.1, 0.15) is 32.4 Å². The fourth-order valence-corrected chi connectivity index (χ4v) is 2.82. The Bertz CT molecular complexity index is 691. The molecule has 0 bridgehead atoms. The van der Waals surface area contributed by atoms with Crippen LogP contribution < -0.4 is 11.1 Å². The van der Waals surface area contributed by atoms with Gasteiger partial charge in [0.05, 0.1) is 11.0 Å². The Morgan fingerprint density at radius 3 is 2.43 bits per heavy atom. The van der Waals surface area contributed by atoms with Gasteiger partial charge < -0.3 is 11.1 Å². The lowest BCUT2D eigenvalue weighted by Gasteiger charge is -2.15. The van der Waals surface area contributed by atoms with E-state index in [2.05, 4.69) is 41.3 Å². The first kappa shape index (κ1) is 17.0. The van der Waals surface area contributed by atoms with Crippen molar-refractivity contribution in [3.05, 3.63) is 46.1 Å². The summed E-state index contributed by atoms with van der Waals surface area (Å²) in [6.07, 6.45) is 1.11. The average molecular weight is 333 g/mol. The molecule has 1 unspecified atom stereocenters. The molecule has 1 aromatic heterocycles. The summed E-state index contributed by atoms with van der Waals surface area (Å²) in [5, 5.41) is 14.3. The Hall–Kier alpha value is -2.35. The van der Waals surface area contributed by atoms with Crippen LogP contribution >= 0.6 is 11.8 Å². The molecule has 1 heterocycles. The van der Waals surface area contributed by atoms with Gasteiger partial charge in [-0.2, -0.15) is 4.98 Å². The fourth-order valence-electron chi connectivity index (χ4n) is 1.98. The summed E-state index contributed by atoms with van der Waals surface area (Å²) >= 11 is 1.80. The van der Waals surface area contributed by atoms with E-state index in [4.69, 9.17) is 5.73 Å². The first-order valence-electron chi connectivity index (χ1n) is 7.17. The van der Waals surface area contributed by atoms with Crippen LogP contribution in [0.25, 0.3) is 0 Å². The number of nitrogen functional groups attached to an aromatic ring is 1. The molecule has 2 rings (SSSR count). The van der Waals surface area contributed by atoms with Crippen molar-refractivity contribution in [2.75, 3.05) is 11.1 Å². The number of aromatic nitrogens is 2. The minimum Gasteiger partial charge on any atom is -0.378 e. The number of nitrogens with one attached hydrogen (secondary N) is 1. The van der Waals surface area contributed by atoms with Crippen LogP contribution in [0, 0.1) is 10.1 Å². The molecule has 1 aromatic carbocycles. The highest BCUT2D eigenvalue weighted by atomic mass is 32.2. The molecule has 0 aliphatic rings. The molecule has 0 fully saturated rings. The molecule has 122 valence electrons. The molecule has 0 aliphatic heterocycles. The van der Waals surface area contributed by atoms with Crippen LogP contribution in [-0.2, 0) is 0 Å². The van der Waals surface area contributed by atoms with E-state index in [-0.39, 0.29) is 23.5 Å². The van der Waals surface area contributed by atoms with Crippen molar-refractivity contribution in [1.29, 1.82) is 0 Å². The Morgan fingerprint density at radius 1 is 1.26 bits per heavy atom. The molecule has 3 N–H and O–H groups in total. The van der Waals surface area contributed by atoms with Gasteiger partial charge in [0.25, 0.3) is 0 Å². The molecule has 0 amide bonds. The van der Waals surface area contributed by atoms with E-state index in [0.717, 1.165) is 11.8 Å². The van der Waals surface area contributed by atoms with Gasteiger partial charge in [0.1, 0.15) is 6.20 Å². The average Bonchev–Trinajstić information content (AvgIpc) is 2.47. The second-order valence-electron chi connectivity index (χ2n) is 5.32. The van der Waals surface area contributed by atoms with Crippen LogP contribution in [0.2, 0.25) is 0 Å². The zero-order valence-electron chi connectivity index (χ0n) is 13.2. The minimum absolute atomic E-state index is 0.0473. The topological polar surface area (TPSA) is 107 Å². The third-order valence-electron chi connectivity index (χ3n) is 3.09. The minimum atomic E-state index is -0.604. The quantitative estimate of drug-likeness (QED) is 0.472.